The molecule has 0 atom stereocenters. The fourth-order valence-corrected chi connectivity index (χ4v) is 7.60. The zero-order valence-corrected chi connectivity index (χ0v) is 26.8. The van der Waals surface area contributed by atoms with Crippen LogP contribution in [0.15, 0.2) is 156 Å². The molecule has 0 aliphatic carbocycles. The molecule has 9 rings (SSSR count). The lowest BCUT2D eigenvalue weighted by Gasteiger charge is -2.20. The monoisotopic (exact) mass is 603 g/mol. The molecule has 1 heterocycles. The number of rotatable bonds is 3. The van der Waals surface area contributed by atoms with Crippen molar-refractivity contribution < 1.29 is 5.79 Å². The molecule has 0 bridgehead atoms. The highest BCUT2D eigenvalue weighted by molar-refractivity contribution is 6.26. The van der Waals surface area contributed by atoms with Gasteiger partial charge in [0.05, 0.1) is 1.37 Å². The summed E-state index contributed by atoms with van der Waals surface area (Å²) in [5.74, 6) is 0. The van der Waals surface area contributed by atoms with Crippen molar-refractivity contribution in [1.82, 2.24) is 0 Å². The maximum Gasteiger partial charge on any atom is 0.139 e. The number of furan rings is 1. The van der Waals surface area contributed by atoms with Crippen LogP contribution in [0.5, 0.6) is 0 Å². The van der Waals surface area contributed by atoms with Gasteiger partial charge in [0.1, 0.15) is 11.2 Å². The van der Waals surface area contributed by atoms with E-state index in [1.54, 1.807) is 0 Å². The Kier molecular flexibility index (Phi) is 5.90. The van der Waals surface area contributed by atoms with Crippen molar-refractivity contribution in [2.75, 3.05) is 0 Å². The second kappa shape index (κ2) is 10.4. The van der Waals surface area contributed by atoms with Crippen molar-refractivity contribution in [3.05, 3.63) is 157 Å². The van der Waals surface area contributed by atoms with E-state index in [1.807, 2.05) is 18.2 Å². The molecule has 47 heavy (non-hydrogen) atoms. The maximum absolute atomic E-state index is 8.08. The van der Waals surface area contributed by atoms with Gasteiger partial charge >= 0.3 is 0 Å². The van der Waals surface area contributed by atoms with Gasteiger partial charge < -0.3 is 4.42 Å². The van der Waals surface area contributed by atoms with Crippen LogP contribution in [-0.4, -0.2) is 0 Å². The number of fused-ring (bicyclic) bond motifs is 6. The summed E-state index contributed by atoms with van der Waals surface area (Å²) in [5.41, 5.74) is 10.3. The zero-order chi connectivity index (χ0) is 32.6. The van der Waals surface area contributed by atoms with E-state index >= 15 is 0 Å². The Morgan fingerprint density at radius 1 is 0.489 bits per heavy atom. The van der Waals surface area contributed by atoms with E-state index in [2.05, 4.69) is 148 Å². The lowest BCUT2D eigenvalue weighted by molar-refractivity contribution is 0.573. The third kappa shape index (κ3) is 4.31. The van der Waals surface area contributed by atoms with Gasteiger partial charge in [-0.05, 0) is 83.2 Å². The highest BCUT2D eigenvalue weighted by Crippen LogP contribution is 2.49. The van der Waals surface area contributed by atoms with Crippen molar-refractivity contribution in [3.63, 3.8) is 0 Å². The average molecular weight is 604 g/mol. The molecule has 0 spiro atoms. The Balaban J connectivity index is 1.37. The number of para-hydroxylation sites is 1. The topological polar surface area (TPSA) is 13.1 Å². The van der Waals surface area contributed by atoms with Gasteiger partial charge in [-0.2, -0.15) is 0 Å². The molecule has 0 aliphatic rings. The summed E-state index contributed by atoms with van der Waals surface area (Å²) in [5, 5.41) is 9.42. The molecule has 1 aromatic heterocycles. The van der Waals surface area contributed by atoms with E-state index in [4.69, 9.17) is 5.79 Å². The quantitative estimate of drug-likeness (QED) is 0.183. The molecule has 0 aliphatic heterocycles. The normalized spacial score (nSPS) is 12.4. The zero-order valence-electron chi connectivity index (χ0n) is 27.8. The van der Waals surface area contributed by atoms with Crippen molar-refractivity contribution in [3.8, 4) is 33.4 Å². The Bertz CT molecular complexity index is 2670. The molecule has 9 aromatic rings. The smallest absolute Gasteiger partial charge is 0.139 e. The van der Waals surface area contributed by atoms with Crippen LogP contribution < -0.4 is 0 Å². The first-order chi connectivity index (χ1) is 23.4. The summed E-state index contributed by atoms with van der Waals surface area (Å²) in [6, 6.07) is 52.6. The standard InChI is InChI=1S/C46H34O/c1-46(2,3)40-24-12-23-39-44-38(22-13-25-41(44)47-45(39)40)43-36-20-10-8-18-34(36)42(35-19-9-11-21-37(35)43)33-17-7-6-16-32(33)31-27-26-29-14-4-5-15-30(29)28-31/h4-28H,1-3H3/i4D. The molecule has 0 saturated carbocycles. The number of hydrogen-bond donors (Lipinski definition) is 0. The molecular weight excluding hydrogens is 569 g/mol. The minimum atomic E-state index is -0.0441. The lowest BCUT2D eigenvalue weighted by Crippen LogP contribution is -2.10. The molecule has 1 nitrogen and oxygen atoms in total. The van der Waals surface area contributed by atoms with Gasteiger partial charge in [0.2, 0.25) is 0 Å². The van der Waals surface area contributed by atoms with E-state index < -0.39 is 0 Å². The highest BCUT2D eigenvalue weighted by atomic mass is 16.3. The Labute approximate surface area is 276 Å². The van der Waals surface area contributed by atoms with Crippen molar-refractivity contribution in [2.24, 2.45) is 0 Å². The minimum absolute atomic E-state index is 0.0441. The van der Waals surface area contributed by atoms with E-state index in [9.17, 15) is 0 Å². The SMILES string of the molecule is [2H]c1ccc2cc(-c3ccccc3-c3c4ccccc4c(-c4cccc5oc6c(C(C)(C)C)cccc6c45)c4ccccc34)ccc2c1. The van der Waals surface area contributed by atoms with E-state index in [0.29, 0.717) is 6.04 Å². The fraction of sp³-hybridized carbons (Fsp3) is 0.0870. The largest absolute Gasteiger partial charge is 0.456 e. The van der Waals surface area contributed by atoms with Crippen LogP contribution in [-0.2, 0) is 5.41 Å². The molecular formula is C46H34O. The predicted molar refractivity (Wildman–Crippen MR) is 201 cm³/mol. The summed E-state index contributed by atoms with van der Waals surface area (Å²) in [6.07, 6.45) is 0. The van der Waals surface area contributed by atoms with Gasteiger partial charge in [-0.1, -0.05) is 160 Å². The molecule has 1 heteroatoms. The minimum Gasteiger partial charge on any atom is -0.456 e. The van der Waals surface area contributed by atoms with Crippen LogP contribution in [0.25, 0.3) is 87.6 Å². The van der Waals surface area contributed by atoms with Gasteiger partial charge in [0, 0.05) is 16.3 Å². The first-order valence-corrected chi connectivity index (χ1v) is 16.4. The molecule has 0 unspecified atom stereocenters. The molecule has 0 amide bonds. The van der Waals surface area contributed by atoms with Crippen LogP contribution in [0.4, 0.5) is 0 Å². The van der Waals surface area contributed by atoms with Gasteiger partial charge in [0.15, 0.2) is 0 Å². The van der Waals surface area contributed by atoms with Crippen LogP contribution in [0, 0.1) is 0 Å². The maximum atomic E-state index is 8.08. The van der Waals surface area contributed by atoms with E-state index in [-0.39, 0.29) is 5.41 Å². The van der Waals surface area contributed by atoms with E-state index in [0.717, 1.165) is 38.3 Å². The fourth-order valence-electron chi connectivity index (χ4n) is 7.60. The van der Waals surface area contributed by atoms with Gasteiger partial charge in [-0.25, -0.2) is 0 Å². The van der Waals surface area contributed by atoms with Crippen molar-refractivity contribution in [2.45, 2.75) is 26.2 Å². The molecule has 0 fully saturated rings. The summed E-state index contributed by atoms with van der Waals surface area (Å²) < 4.78 is 14.8. The summed E-state index contributed by atoms with van der Waals surface area (Å²) in [4.78, 5) is 0. The van der Waals surface area contributed by atoms with Crippen LogP contribution in [0.1, 0.15) is 27.7 Å². The Morgan fingerprint density at radius 3 is 1.79 bits per heavy atom. The van der Waals surface area contributed by atoms with Gasteiger partial charge in [-0.15, -0.1) is 0 Å². The third-order valence-electron chi connectivity index (χ3n) is 9.72. The first kappa shape index (κ1) is 26.5. The average Bonchev–Trinajstić information content (AvgIpc) is 3.49. The molecule has 8 aromatic carbocycles. The first-order valence-electron chi connectivity index (χ1n) is 16.9. The molecule has 0 saturated heterocycles. The molecule has 224 valence electrons. The molecule has 0 radical (unpaired) electrons. The molecule has 0 N–H and O–H groups in total. The lowest BCUT2D eigenvalue weighted by atomic mass is 9.82. The van der Waals surface area contributed by atoms with Gasteiger partial charge in [0.25, 0.3) is 0 Å². The van der Waals surface area contributed by atoms with Crippen molar-refractivity contribution >= 4 is 54.3 Å². The summed E-state index contributed by atoms with van der Waals surface area (Å²) in [6.45, 7) is 6.75. The second-order valence-electron chi connectivity index (χ2n) is 13.6. The summed E-state index contributed by atoms with van der Waals surface area (Å²) >= 11 is 0. The second-order valence-corrected chi connectivity index (χ2v) is 13.6. The number of benzene rings is 8. The highest BCUT2D eigenvalue weighted by Gasteiger charge is 2.24. The Hall–Kier alpha value is -5.66. The van der Waals surface area contributed by atoms with Crippen molar-refractivity contribution in [1.29, 1.82) is 0 Å². The van der Waals surface area contributed by atoms with Crippen LogP contribution in [0.3, 0.4) is 0 Å². The predicted octanol–water partition coefficient (Wildman–Crippen LogP) is 13.3. The van der Waals surface area contributed by atoms with Gasteiger partial charge in [-0.3, -0.25) is 0 Å². The van der Waals surface area contributed by atoms with Crippen LogP contribution >= 0.6 is 0 Å². The Morgan fingerprint density at radius 2 is 1.09 bits per heavy atom. The summed E-state index contributed by atoms with van der Waals surface area (Å²) in [7, 11) is 0. The van der Waals surface area contributed by atoms with Crippen LogP contribution in [0.2, 0.25) is 0 Å². The number of hydrogen-bond acceptors (Lipinski definition) is 1. The van der Waals surface area contributed by atoms with E-state index in [1.165, 1.54) is 54.9 Å². The third-order valence-corrected chi connectivity index (χ3v) is 9.72.